The van der Waals surface area contributed by atoms with Crippen molar-refractivity contribution < 1.29 is 9.59 Å². The number of hydrogen-bond acceptors (Lipinski definition) is 3. The van der Waals surface area contributed by atoms with Crippen molar-refractivity contribution in [2.45, 2.75) is 39.0 Å². The Kier molecular flexibility index (Phi) is 7.24. The normalized spacial score (nSPS) is 12.4. The highest BCUT2D eigenvalue weighted by atomic mass is 32.2. The first-order valence-corrected chi connectivity index (χ1v) is 8.39. The standard InChI is InChI=1S/C20H24O2S/c1-6-8-9-15(7-2)19(22)16-10-12-17(13-11-16)23-18(21)14-20(3,4)5/h6-13H,2,14H2,1,3-5H3/b8-6-,15-9+. The Bertz CT molecular complexity index is 629. The molecule has 3 heteroatoms. The molecule has 0 unspecified atom stereocenters. The fourth-order valence-corrected chi connectivity index (χ4v) is 2.92. The summed E-state index contributed by atoms with van der Waals surface area (Å²) in [5.41, 5.74) is 1.12. The maximum Gasteiger partial charge on any atom is 0.194 e. The van der Waals surface area contributed by atoms with Gasteiger partial charge in [0.1, 0.15) is 0 Å². The Morgan fingerprint density at radius 3 is 2.26 bits per heavy atom. The van der Waals surface area contributed by atoms with Crippen LogP contribution >= 0.6 is 11.8 Å². The third-order valence-corrected chi connectivity index (χ3v) is 3.85. The van der Waals surface area contributed by atoms with Crippen LogP contribution in [0.1, 0.15) is 44.5 Å². The van der Waals surface area contributed by atoms with E-state index in [9.17, 15) is 9.59 Å². The lowest BCUT2D eigenvalue weighted by Gasteiger charge is -2.16. The number of benzene rings is 1. The van der Waals surface area contributed by atoms with E-state index in [1.54, 1.807) is 24.3 Å². The molecule has 0 amide bonds. The van der Waals surface area contributed by atoms with Gasteiger partial charge < -0.3 is 0 Å². The van der Waals surface area contributed by atoms with Crippen LogP contribution < -0.4 is 0 Å². The molecule has 0 saturated heterocycles. The molecule has 1 aromatic carbocycles. The van der Waals surface area contributed by atoms with Crippen LogP contribution in [0.3, 0.4) is 0 Å². The predicted octanol–water partition coefficient (Wildman–Crippen LogP) is 5.61. The van der Waals surface area contributed by atoms with Crippen molar-refractivity contribution in [3.8, 4) is 0 Å². The molecule has 1 rings (SSSR count). The summed E-state index contributed by atoms with van der Waals surface area (Å²) in [5, 5.41) is 0.135. The van der Waals surface area contributed by atoms with Crippen molar-refractivity contribution in [3.63, 3.8) is 0 Å². The molecular formula is C20H24O2S. The molecule has 2 nitrogen and oxygen atoms in total. The summed E-state index contributed by atoms with van der Waals surface area (Å²) in [6.07, 6.45) is 7.48. The molecule has 0 fully saturated rings. The number of Topliss-reactive ketones (excluding diaryl/α,β-unsaturated/α-hetero) is 1. The smallest absolute Gasteiger partial charge is 0.194 e. The minimum Gasteiger partial charge on any atom is -0.289 e. The fourth-order valence-electron chi connectivity index (χ4n) is 1.88. The molecule has 0 spiro atoms. The molecule has 0 atom stereocenters. The van der Waals surface area contributed by atoms with Gasteiger partial charge in [0.25, 0.3) is 0 Å². The molecule has 0 aromatic heterocycles. The van der Waals surface area contributed by atoms with Crippen molar-refractivity contribution in [1.82, 2.24) is 0 Å². The third kappa shape index (κ3) is 6.83. The van der Waals surface area contributed by atoms with E-state index in [1.807, 2.05) is 52.0 Å². The molecule has 1 aromatic rings. The Labute approximate surface area is 143 Å². The number of carbonyl (C=O) groups excluding carboxylic acids is 2. The lowest BCUT2D eigenvalue weighted by atomic mass is 9.93. The van der Waals surface area contributed by atoms with Gasteiger partial charge in [-0.15, -0.1) is 0 Å². The van der Waals surface area contributed by atoms with Crippen molar-refractivity contribution in [3.05, 3.63) is 66.3 Å². The van der Waals surface area contributed by atoms with Gasteiger partial charge in [-0.2, -0.15) is 0 Å². The van der Waals surface area contributed by atoms with Gasteiger partial charge in [-0.3, -0.25) is 9.59 Å². The summed E-state index contributed by atoms with van der Waals surface area (Å²) >= 11 is 1.22. The molecule has 0 aliphatic carbocycles. The zero-order valence-electron chi connectivity index (χ0n) is 14.3. The zero-order valence-corrected chi connectivity index (χ0v) is 15.1. The fraction of sp³-hybridized carbons (Fsp3) is 0.300. The van der Waals surface area contributed by atoms with Crippen molar-refractivity contribution in [2.24, 2.45) is 5.41 Å². The topological polar surface area (TPSA) is 34.1 Å². The highest BCUT2D eigenvalue weighted by Gasteiger charge is 2.17. The summed E-state index contributed by atoms with van der Waals surface area (Å²) in [7, 11) is 0. The molecule has 0 radical (unpaired) electrons. The number of ketones is 1. The first kappa shape index (κ1) is 19.2. The van der Waals surface area contributed by atoms with Crippen molar-refractivity contribution in [1.29, 1.82) is 0 Å². The average Bonchev–Trinajstić information content (AvgIpc) is 2.46. The van der Waals surface area contributed by atoms with Gasteiger partial charge in [-0.1, -0.05) is 63.4 Å². The average molecular weight is 328 g/mol. The molecule has 122 valence electrons. The zero-order chi connectivity index (χ0) is 17.5. The monoisotopic (exact) mass is 328 g/mol. The van der Waals surface area contributed by atoms with Gasteiger partial charge in [-0.25, -0.2) is 0 Å². The van der Waals surface area contributed by atoms with Crippen LogP contribution in [0.2, 0.25) is 0 Å². The minimum absolute atomic E-state index is 0.0174. The summed E-state index contributed by atoms with van der Waals surface area (Å²) in [6, 6.07) is 7.13. The Balaban J connectivity index is 2.82. The summed E-state index contributed by atoms with van der Waals surface area (Å²) in [6.45, 7) is 11.7. The van der Waals surface area contributed by atoms with E-state index in [0.717, 1.165) is 4.90 Å². The Hall–Kier alpha value is -1.87. The highest BCUT2D eigenvalue weighted by molar-refractivity contribution is 8.13. The Morgan fingerprint density at radius 1 is 1.17 bits per heavy atom. The first-order valence-electron chi connectivity index (χ1n) is 7.57. The van der Waals surface area contributed by atoms with Gasteiger partial charge in [0, 0.05) is 22.5 Å². The summed E-state index contributed by atoms with van der Waals surface area (Å²) < 4.78 is 0. The first-order chi connectivity index (χ1) is 10.8. The van der Waals surface area contributed by atoms with E-state index in [-0.39, 0.29) is 16.3 Å². The van der Waals surface area contributed by atoms with Crippen LogP contribution in [-0.2, 0) is 4.79 Å². The number of thioether (sulfide) groups is 1. The number of rotatable bonds is 6. The maximum atomic E-state index is 12.4. The number of carbonyl (C=O) groups is 2. The van der Waals surface area contributed by atoms with Gasteiger partial charge in [0.05, 0.1) is 0 Å². The lowest BCUT2D eigenvalue weighted by molar-refractivity contribution is -0.112. The van der Waals surface area contributed by atoms with Crippen molar-refractivity contribution >= 4 is 22.7 Å². The molecule has 0 aliphatic heterocycles. The van der Waals surface area contributed by atoms with E-state index in [1.165, 1.54) is 11.8 Å². The Morgan fingerprint density at radius 2 is 1.78 bits per heavy atom. The second kappa shape index (κ2) is 8.68. The lowest BCUT2D eigenvalue weighted by Crippen LogP contribution is -2.10. The highest BCUT2D eigenvalue weighted by Crippen LogP contribution is 2.27. The molecule has 0 saturated carbocycles. The minimum atomic E-state index is -0.0735. The van der Waals surface area contributed by atoms with Gasteiger partial charge in [-0.05, 0) is 36.6 Å². The van der Waals surface area contributed by atoms with E-state index in [2.05, 4.69) is 6.58 Å². The molecule has 0 N–H and O–H groups in total. The number of allylic oxidation sites excluding steroid dienone is 5. The molecule has 0 bridgehead atoms. The van der Waals surface area contributed by atoms with E-state index >= 15 is 0 Å². The predicted molar refractivity (Wildman–Crippen MR) is 98.8 cm³/mol. The van der Waals surface area contributed by atoms with Crippen LogP contribution in [-0.4, -0.2) is 10.9 Å². The van der Waals surface area contributed by atoms with E-state index < -0.39 is 0 Å². The van der Waals surface area contributed by atoms with E-state index in [0.29, 0.717) is 17.6 Å². The molecule has 0 heterocycles. The summed E-state index contributed by atoms with van der Waals surface area (Å²) in [4.78, 5) is 25.2. The van der Waals surface area contributed by atoms with Crippen LogP contribution in [0.15, 0.2) is 65.6 Å². The quantitative estimate of drug-likeness (QED) is 0.294. The summed E-state index contributed by atoms with van der Waals surface area (Å²) in [5.74, 6) is -0.0735. The van der Waals surface area contributed by atoms with Crippen LogP contribution in [0, 0.1) is 5.41 Å². The molecular weight excluding hydrogens is 304 g/mol. The van der Waals surface area contributed by atoms with Crippen LogP contribution in [0.4, 0.5) is 0 Å². The molecule has 0 aliphatic rings. The van der Waals surface area contributed by atoms with Gasteiger partial charge >= 0.3 is 0 Å². The van der Waals surface area contributed by atoms with Gasteiger partial charge in [0.2, 0.25) is 0 Å². The largest absolute Gasteiger partial charge is 0.289 e. The van der Waals surface area contributed by atoms with Crippen molar-refractivity contribution in [2.75, 3.05) is 0 Å². The van der Waals surface area contributed by atoms with E-state index in [4.69, 9.17) is 0 Å². The SMILES string of the molecule is C=C/C(=C\C=C/C)C(=O)c1ccc(SC(=O)CC(C)(C)C)cc1. The second-order valence-corrected chi connectivity index (χ2v) is 7.55. The van der Waals surface area contributed by atoms with Crippen LogP contribution in [0.5, 0.6) is 0 Å². The number of hydrogen-bond donors (Lipinski definition) is 0. The van der Waals surface area contributed by atoms with Gasteiger partial charge in [0.15, 0.2) is 10.9 Å². The maximum absolute atomic E-state index is 12.4. The molecule has 23 heavy (non-hydrogen) atoms. The van der Waals surface area contributed by atoms with Crippen LogP contribution in [0.25, 0.3) is 0 Å². The second-order valence-electron chi connectivity index (χ2n) is 6.42. The third-order valence-electron chi connectivity index (χ3n) is 2.97.